The van der Waals surface area contributed by atoms with Crippen LogP contribution < -0.4 is 9.47 Å². The molecule has 0 aliphatic carbocycles. The predicted octanol–water partition coefficient (Wildman–Crippen LogP) is 2.79. The zero-order valence-electron chi connectivity index (χ0n) is 12.9. The molecule has 0 N–H and O–H groups in total. The van der Waals surface area contributed by atoms with Crippen LogP contribution in [-0.4, -0.2) is 42.7 Å². The molecule has 2 heterocycles. The molecule has 0 amide bonds. The van der Waals surface area contributed by atoms with E-state index in [0.29, 0.717) is 6.61 Å². The Morgan fingerprint density at radius 2 is 2.05 bits per heavy atom. The van der Waals surface area contributed by atoms with E-state index in [2.05, 4.69) is 23.0 Å². The summed E-state index contributed by atoms with van der Waals surface area (Å²) in [6, 6.07) is 12.0. The van der Waals surface area contributed by atoms with Gasteiger partial charge >= 0.3 is 0 Å². The molecule has 0 bridgehead atoms. The third-order valence-electron chi connectivity index (χ3n) is 3.81. The van der Waals surface area contributed by atoms with Gasteiger partial charge in [-0.3, -0.25) is 4.98 Å². The summed E-state index contributed by atoms with van der Waals surface area (Å²) in [5, 5.41) is 0. The lowest BCUT2D eigenvalue weighted by molar-refractivity contribution is 0.0653. The average molecular weight is 298 g/mol. The summed E-state index contributed by atoms with van der Waals surface area (Å²) in [6.45, 7) is 2.53. The lowest BCUT2D eigenvalue weighted by Crippen LogP contribution is -2.39. The second kappa shape index (κ2) is 7.27. The molecule has 0 spiro atoms. The molecule has 0 fully saturated rings. The number of likely N-dealkylation sites (N-methyl/N-ethyl adjacent to an activating group) is 1. The highest BCUT2D eigenvalue weighted by molar-refractivity contribution is 5.40. The molecule has 4 heteroatoms. The largest absolute Gasteiger partial charge is 0.486 e. The first-order valence-corrected chi connectivity index (χ1v) is 7.77. The molecule has 1 aromatic heterocycles. The summed E-state index contributed by atoms with van der Waals surface area (Å²) >= 11 is 0. The fraction of sp³-hybridized carbons (Fsp3) is 0.389. The topological polar surface area (TPSA) is 34.6 Å². The van der Waals surface area contributed by atoms with E-state index in [1.54, 1.807) is 0 Å². The van der Waals surface area contributed by atoms with E-state index in [-0.39, 0.29) is 6.10 Å². The monoisotopic (exact) mass is 298 g/mol. The summed E-state index contributed by atoms with van der Waals surface area (Å²) in [5.74, 6) is 1.69. The van der Waals surface area contributed by atoms with Gasteiger partial charge in [-0.25, -0.2) is 0 Å². The zero-order chi connectivity index (χ0) is 15.2. The van der Waals surface area contributed by atoms with Gasteiger partial charge in [0.1, 0.15) is 12.7 Å². The van der Waals surface area contributed by atoms with Crippen molar-refractivity contribution in [1.82, 2.24) is 9.88 Å². The number of fused-ring (bicyclic) bond motifs is 1. The highest BCUT2D eigenvalue weighted by Gasteiger charge is 2.21. The molecule has 2 aromatic rings. The van der Waals surface area contributed by atoms with Crippen molar-refractivity contribution in [1.29, 1.82) is 0 Å². The number of aromatic nitrogens is 1. The van der Waals surface area contributed by atoms with Crippen LogP contribution in [0.2, 0.25) is 0 Å². The van der Waals surface area contributed by atoms with Crippen molar-refractivity contribution in [2.45, 2.75) is 18.9 Å². The highest BCUT2D eigenvalue weighted by atomic mass is 16.6. The van der Waals surface area contributed by atoms with Crippen LogP contribution in [0.1, 0.15) is 12.0 Å². The van der Waals surface area contributed by atoms with Crippen molar-refractivity contribution >= 4 is 0 Å². The maximum absolute atomic E-state index is 5.99. The third-order valence-corrected chi connectivity index (χ3v) is 3.81. The van der Waals surface area contributed by atoms with Crippen LogP contribution in [0.25, 0.3) is 0 Å². The van der Waals surface area contributed by atoms with Crippen LogP contribution in [-0.2, 0) is 6.42 Å². The number of aryl methyl sites for hydroxylation is 1. The molecule has 0 radical (unpaired) electrons. The lowest BCUT2D eigenvalue weighted by Gasteiger charge is -2.29. The van der Waals surface area contributed by atoms with Gasteiger partial charge in [0.05, 0.1) is 0 Å². The second-order valence-corrected chi connectivity index (χ2v) is 5.72. The fourth-order valence-corrected chi connectivity index (χ4v) is 2.69. The molecule has 22 heavy (non-hydrogen) atoms. The van der Waals surface area contributed by atoms with E-state index >= 15 is 0 Å². The van der Waals surface area contributed by atoms with Crippen LogP contribution >= 0.6 is 0 Å². The van der Waals surface area contributed by atoms with Gasteiger partial charge in [-0.05, 0) is 50.2 Å². The van der Waals surface area contributed by atoms with E-state index in [4.69, 9.17) is 9.47 Å². The first-order valence-electron chi connectivity index (χ1n) is 7.77. The summed E-state index contributed by atoms with van der Waals surface area (Å²) in [5.41, 5.74) is 1.29. The van der Waals surface area contributed by atoms with Crippen LogP contribution in [0.4, 0.5) is 0 Å². The van der Waals surface area contributed by atoms with Gasteiger partial charge in [0.2, 0.25) is 0 Å². The molecule has 1 aliphatic heterocycles. The van der Waals surface area contributed by atoms with Crippen molar-refractivity contribution in [3.63, 3.8) is 0 Å². The molecule has 116 valence electrons. The average Bonchev–Trinajstić information content (AvgIpc) is 2.56. The molecular formula is C18H22N2O2. The normalized spacial score (nSPS) is 16.7. The Bertz CT molecular complexity index is 589. The van der Waals surface area contributed by atoms with Gasteiger partial charge in [0.15, 0.2) is 11.5 Å². The minimum Gasteiger partial charge on any atom is -0.486 e. The van der Waals surface area contributed by atoms with Crippen molar-refractivity contribution in [2.24, 2.45) is 0 Å². The van der Waals surface area contributed by atoms with Gasteiger partial charge in [-0.1, -0.05) is 18.2 Å². The van der Waals surface area contributed by atoms with Crippen molar-refractivity contribution < 1.29 is 9.47 Å². The Balaban J connectivity index is 1.42. The van der Waals surface area contributed by atoms with Crippen LogP contribution in [0, 0.1) is 0 Å². The van der Waals surface area contributed by atoms with Crippen LogP contribution in [0.15, 0.2) is 48.8 Å². The molecule has 1 aromatic carbocycles. The van der Waals surface area contributed by atoms with E-state index in [1.807, 2.05) is 42.7 Å². The first-order chi connectivity index (χ1) is 10.8. The number of para-hydroxylation sites is 2. The Labute approximate surface area is 131 Å². The summed E-state index contributed by atoms with van der Waals surface area (Å²) < 4.78 is 11.7. The molecule has 0 saturated carbocycles. The molecule has 1 atom stereocenters. The number of pyridine rings is 1. The number of hydrogen-bond acceptors (Lipinski definition) is 4. The lowest BCUT2D eigenvalue weighted by atomic mass is 10.1. The van der Waals surface area contributed by atoms with Gasteiger partial charge in [-0.15, -0.1) is 0 Å². The van der Waals surface area contributed by atoms with E-state index in [0.717, 1.165) is 37.4 Å². The van der Waals surface area contributed by atoms with Crippen molar-refractivity contribution in [2.75, 3.05) is 26.7 Å². The predicted molar refractivity (Wildman–Crippen MR) is 86.4 cm³/mol. The smallest absolute Gasteiger partial charge is 0.161 e. The zero-order valence-corrected chi connectivity index (χ0v) is 12.9. The number of nitrogens with zero attached hydrogens (tertiary/aromatic N) is 2. The second-order valence-electron chi connectivity index (χ2n) is 5.72. The number of rotatable bonds is 6. The Morgan fingerprint density at radius 1 is 1.18 bits per heavy atom. The van der Waals surface area contributed by atoms with Gasteiger partial charge in [-0.2, -0.15) is 0 Å². The number of hydrogen-bond donors (Lipinski definition) is 0. The first kappa shape index (κ1) is 14.9. The van der Waals surface area contributed by atoms with Gasteiger partial charge < -0.3 is 14.4 Å². The van der Waals surface area contributed by atoms with Crippen molar-refractivity contribution in [3.8, 4) is 11.5 Å². The molecule has 1 aliphatic rings. The Morgan fingerprint density at radius 3 is 2.86 bits per heavy atom. The maximum Gasteiger partial charge on any atom is 0.161 e. The Hall–Kier alpha value is -2.07. The van der Waals surface area contributed by atoms with E-state index in [1.165, 1.54) is 5.56 Å². The minimum absolute atomic E-state index is 0.0956. The van der Waals surface area contributed by atoms with Gasteiger partial charge in [0.25, 0.3) is 0 Å². The van der Waals surface area contributed by atoms with Crippen molar-refractivity contribution in [3.05, 3.63) is 54.4 Å². The quantitative estimate of drug-likeness (QED) is 0.821. The highest BCUT2D eigenvalue weighted by Crippen LogP contribution is 2.30. The van der Waals surface area contributed by atoms with E-state index < -0.39 is 0 Å². The number of benzene rings is 1. The summed E-state index contributed by atoms with van der Waals surface area (Å²) in [7, 11) is 2.13. The minimum atomic E-state index is 0.0956. The van der Waals surface area contributed by atoms with Crippen LogP contribution in [0.3, 0.4) is 0 Å². The number of ether oxygens (including phenoxy) is 2. The van der Waals surface area contributed by atoms with E-state index in [9.17, 15) is 0 Å². The molecular weight excluding hydrogens is 276 g/mol. The van der Waals surface area contributed by atoms with Crippen LogP contribution in [0.5, 0.6) is 11.5 Å². The Kier molecular flexibility index (Phi) is 4.91. The maximum atomic E-state index is 5.99. The fourth-order valence-electron chi connectivity index (χ4n) is 2.69. The summed E-state index contributed by atoms with van der Waals surface area (Å²) in [6.07, 6.45) is 6.02. The van der Waals surface area contributed by atoms with Gasteiger partial charge in [0, 0.05) is 18.9 Å². The standard InChI is InChI=1S/C18H22N2O2/c1-20(11-5-7-15-6-4-10-19-12-15)13-16-14-21-17-8-2-3-9-18(17)22-16/h2-4,6,8-10,12,16H,5,7,11,13-14H2,1H3. The molecule has 4 nitrogen and oxygen atoms in total. The summed E-state index contributed by atoms with van der Waals surface area (Å²) in [4.78, 5) is 6.45. The molecule has 1 unspecified atom stereocenters. The molecule has 3 rings (SSSR count). The third kappa shape index (κ3) is 3.98. The molecule has 0 saturated heterocycles. The SMILES string of the molecule is CN(CCCc1cccnc1)CC1COc2ccccc2O1.